The summed E-state index contributed by atoms with van der Waals surface area (Å²) >= 11 is 2.49. The van der Waals surface area contributed by atoms with Gasteiger partial charge >= 0.3 is 5.97 Å². The molecule has 0 aromatic heterocycles. The highest BCUT2D eigenvalue weighted by atomic mass is 32.2. The Morgan fingerprint density at radius 2 is 1.65 bits per heavy atom. The fraction of sp³-hybridized carbons (Fsp3) is 0.548. The summed E-state index contributed by atoms with van der Waals surface area (Å²) < 4.78 is 11.5. The van der Waals surface area contributed by atoms with Crippen LogP contribution in [0.15, 0.2) is 59.6 Å². The molecular formula is C31H38N2O8S2. The number of esters is 1. The van der Waals surface area contributed by atoms with Crippen LogP contribution < -0.4 is 0 Å². The number of piperazine rings is 1. The molecule has 10 nitrogen and oxygen atoms in total. The number of carbonyl (C=O) groups is 4. The first-order valence-corrected chi connectivity index (χ1v) is 16.7. The molecule has 0 spiro atoms. The average molecular weight is 631 g/mol. The molecule has 12 heteroatoms. The Hall–Kier alpha value is -2.80. The molecule has 5 aliphatic rings. The minimum atomic E-state index is -1.35. The summed E-state index contributed by atoms with van der Waals surface area (Å²) in [4.78, 5) is 55.9. The maximum Gasteiger partial charge on any atom is 0.311 e. The van der Waals surface area contributed by atoms with Gasteiger partial charge in [0, 0.05) is 18.8 Å². The van der Waals surface area contributed by atoms with Gasteiger partial charge in [-0.2, -0.15) is 0 Å². The Bertz CT molecular complexity index is 1390. The average Bonchev–Trinajstić information content (AvgIpc) is 3.48. The van der Waals surface area contributed by atoms with E-state index in [2.05, 4.69) is 0 Å². The lowest BCUT2D eigenvalue weighted by Gasteiger charge is -2.54. The van der Waals surface area contributed by atoms with Gasteiger partial charge in [-0.25, -0.2) is 0 Å². The number of nitrogens with zero attached hydrogens (tertiary/aromatic N) is 2. The summed E-state index contributed by atoms with van der Waals surface area (Å²) in [6.07, 6.45) is 12.0. The van der Waals surface area contributed by atoms with Crippen molar-refractivity contribution in [2.24, 2.45) is 11.8 Å². The monoisotopic (exact) mass is 630 g/mol. The molecule has 0 aromatic rings. The van der Waals surface area contributed by atoms with Crippen LogP contribution in [0, 0.1) is 11.8 Å². The normalized spacial score (nSPS) is 35.0. The Balaban J connectivity index is 1.49. The predicted octanol–water partition coefficient (Wildman–Crippen LogP) is 2.69. The maximum absolute atomic E-state index is 14.8. The Labute approximate surface area is 259 Å². The van der Waals surface area contributed by atoms with Crippen molar-refractivity contribution in [2.45, 2.75) is 80.7 Å². The third-order valence-electron chi connectivity index (χ3n) is 9.47. The molecule has 2 amide bonds. The molecular weight excluding hydrogens is 592 g/mol. The Morgan fingerprint density at radius 3 is 2.26 bits per heavy atom. The van der Waals surface area contributed by atoms with Crippen LogP contribution >= 0.6 is 23.5 Å². The van der Waals surface area contributed by atoms with Crippen molar-refractivity contribution in [1.82, 2.24) is 9.80 Å². The molecule has 1 aliphatic carbocycles. The first-order valence-electron chi connectivity index (χ1n) is 14.3. The highest BCUT2D eigenvalue weighted by molar-refractivity contribution is 8.01. The molecule has 0 saturated carbocycles. The minimum absolute atomic E-state index is 0.143. The first kappa shape index (κ1) is 31.6. The van der Waals surface area contributed by atoms with Crippen molar-refractivity contribution in [3.63, 3.8) is 0 Å². The maximum atomic E-state index is 14.8. The van der Waals surface area contributed by atoms with Gasteiger partial charge in [-0.1, -0.05) is 31.2 Å². The van der Waals surface area contributed by atoms with Crippen LogP contribution in [0.1, 0.15) is 40.5 Å². The number of carbonyl (C=O) groups excluding carboxylic acids is 4. The van der Waals surface area contributed by atoms with E-state index in [9.17, 15) is 29.4 Å². The molecule has 0 bridgehead atoms. The van der Waals surface area contributed by atoms with Gasteiger partial charge in [-0.05, 0) is 56.1 Å². The summed E-state index contributed by atoms with van der Waals surface area (Å²) in [5, 5.41) is 21.8. The van der Waals surface area contributed by atoms with E-state index in [0.29, 0.717) is 11.1 Å². The van der Waals surface area contributed by atoms with E-state index in [1.165, 1.54) is 49.0 Å². The van der Waals surface area contributed by atoms with E-state index in [-0.39, 0.29) is 30.4 Å². The van der Waals surface area contributed by atoms with Gasteiger partial charge in [0.15, 0.2) is 15.5 Å². The number of amides is 2. The summed E-state index contributed by atoms with van der Waals surface area (Å²) in [6.45, 7) is 6.46. The third kappa shape index (κ3) is 4.63. The molecule has 0 aromatic carbocycles. The van der Waals surface area contributed by atoms with E-state index in [1.807, 2.05) is 6.08 Å². The van der Waals surface area contributed by atoms with Crippen LogP contribution in [0.25, 0.3) is 0 Å². The van der Waals surface area contributed by atoms with Crippen LogP contribution in [0.3, 0.4) is 0 Å². The Kier molecular flexibility index (Phi) is 8.54. The number of aliphatic hydroxyl groups excluding tert-OH is 2. The van der Waals surface area contributed by atoms with Crippen molar-refractivity contribution in [1.29, 1.82) is 0 Å². The zero-order valence-electron chi connectivity index (χ0n) is 25.1. The summed E-state index contributed by atoms with van der Waals surface area (Å²) in [5.41, 5.74) is 1.91. The first-order chi connectivity index (χ1) is 20.4. The molecule has 43 heavy (non-hydrogen) atoms. The van der Waals surface area contributed by atoms with Crippen molar-refractivity contribution in [2.75, 3.05) is 12.5 Å². The zero-order valence-corrected chi connectivity index (χ0v) is 26.7. The summed E-state index contributed by atoms with van der Waals surface area (Å²) in [7, 11) is 0. The number of ketones is 1. The summed E-state index contributed by atoms with van der Waals surface area (Å²) in [6, 6.07) is -1.49. The van der Waals surface area contributed by atoms with Crippen molar-refractivity contribution in [3.8, 4) is 0 Å². The van der Waals surface area contributed by atoms with E-state index in [1.54, 1.807) is 61.3 Å². The standard InChI is InChI=1S/C31H38N2O8S2/c1-7-16(2)25(35)17(3)26(36)18(4)27(37)41-22-11-12-40-15-20-14-31(43-6)28(38)32-23-19(9-8-10-21(23)34)13-30(32,42-5)29(39)33(31)24(20)22/h7-12,15,17-18,21-24,26,34,36H,13-14H2,1-6H3. The molecule has 4 aliphatic heterocycles. The summed E-state index contributed by atoms with van der Waals surface area (Å²) in [5.74, 6) is -3.50. The largest absolute Gasteiger partial charge is 0.473 e. The van der Waals surface area contributed by atoms with E-state index < -0.39 is 57.9 Å². The SMILES string of the molecule is CC=C(C)C(=O)C(C)C(O)C(C)C(=O)OC1C=COC=C2CC3(SC)C(=O)N4C5C(=CC=CC5O)CC4(SC)C(=O)N3C21. The number of thioether (sulfide) groups is 2. The number of hydrogen-bond acceptors (Lipinski definition) is 10. The van der Waals surface area contributed by atoms with Crippen molar-refractivity contribution in [3.05, 3.63) is 59.6 Å². The molecule has 232 valence electrons. The minimum Gasteiger partial charge on any atom is -0.473 e. The quantitative estimate of drug-likeness (QED) is 0.305. The number of fused-ring (bicyclic) bond motifs is 6. The highest BCUT2D eigenvalue weighted by Gasteiger charge is 2.72. The lowest BCUT2D eigenvalue weighted by Crippen LogP contribution is -2.74. The van der Waals surface area contributed by atoms with Crippen LogP contribution in [-0.4, -0.2) is 96.2 Å². The smallest absolute Gasteiger partial charge is 0.311 e. The van der Waals surface area contributed by atoms with E-state index >= 15 is 0 Å². The zero-order chi connectivity index (χ0) is 31.4. The topological polar surface area (TPSA) is 134 Å². The Morgan fingerprint density at radius 1 is 1.05 bits per heavy atom. The molecule has 3 saturated heterocycles. The lowest BCUT2D eigenvalue weighted by molar-refractivity contribution is -0.171. The second-order valence-electron chi connectivity index (χ2n) is 11.7. The number of rotatable bonds is 8. The van der Waals surface area contributed by atoms with E-state index in [4.69, 9.17) is 9.47 Å². The van der Waals surface area contributed by atoms with Gasteiger partial charge < -0.3 is 29.5 Å². The second kappa shape index (κ2) is 11.6. The number of allylic oxidation sites excluding steroid dienone is 4. The number of ether oxygens (including phenoxy) is 2. The van der Waals surface area contributed by atoms with Crippen molar-refractivity contribution < 1.29 is 38.9 Å². The van der Waals surface area contributed by atoms with Gasteiger partial charge in [-0.15, -0.1) is 23.5 Å². The second-order valence-corrected chi connectivity index (χ2v) is 13.8. The highest BCUT2D eigenvalue weighted by Crippen LogP contribution is 2.59. The van der Waals surface area contributed by atoms with Crippen LogP contribution in [0.5, 0.6) is 0 Å². The number of Topliss-reactive ketones (excluding diaryl/α,β-unsaturated/α-hetero) is 1. The van der Waals surface area contributed by atoms with Crippen molar-refractivity contribution >= 4 is 47.1 Å². The van der Waals surface area contributed by atoms with E-state index in [0.717, 1.165) is 5.57 Å². The molecule has 9 unspecified atom stereocenters. The molecule has 9 atom stereocenters. The van der Waals surface area contributed by atoms with Gasteiger partial charge in [0.1, 0.15) is 6.10 Å². The van der Waals surface area contributed by atoms with Gasteiger partial charge in [-0.3, -0.25) is 19.2 Å². The molecule has 4 heterocycles. The fourth-order valence-electron chi connectivity index (χ4n) is 6.87. The third-order valence-corrected chi connectivity index (χ3v) is 11.8. The lowest BCUT2D eigenvalue weighted by atomic mass is 9.87. The van der Waals surface area contributed by atoms with Gasteiger partial charge in [0.05, 0.1) is 42.7 Å². The van der Waals surface area contributed by atoms with Crippen LogP contribution in [-0.2, 0) is 28.7 Å². The van der Waals surface area contributed by atoms with Crippen LogP contribution in [0.4, 0.5) is 0 Å². The molecule has 0 radical (unpaired) electrons. The predicted molar refractivity (Wildman–Crippen MR) is 163 cm³/mol. The molecule has 2 N–H and O–H groups in total. The fourth-order valence-corrected chi connectivity index (χ4v) is 8.82. The number of hydrogen-bond donors (Lipinski definition) is 2. The molecule has 5 rings (SSSR count). The van der Waals surface area contributed by atoms with Crippen LogP contribution in [0.2, 0.25) is 0 Å². The number of aliphatic hydroxyl groups is 2. The van der Waals surface area contributed by atoms with Gasteiger partial charge in [0.25, 0.3) is 11.8 Å². The molecule has 3 fully saturated rings. The van der Waals surface area contributed by atoms with Gasteiger partial charge in [0.2, 0.25) is 0 Å².